The summed E-state index contributed by atoms with van der Waals surface area (Å²) in [7, 11) is 0. The summed E-state index contributed by atoms with van der Waals surface area (Å²) in [4.78, 5) is 2.53. The van der Waals surface area contributed by atoms with Crippen molar-refractivity contribution in [3.63, 3.8) is 0 Å². The van der Waals surface area contributed by atoms with Gasteiger partial charge in [-0.15, -0.1) is 0 Å². The molecule has 1 N–H and O–H groups in total. The predicted molar refractivity (Wildman–Crippen MR) is 57.4 cm³/mol. The monoisotopic (exact) mass is 201 g/mol. The maximum atomic E-state index is 8.56. The zero-order valence-electron chi connectivity index (χ0n) is 9.24. The standard InChI is InChI=1S/C11H23NO2/c1-2-3-6-12(11-4-5-11)7-9-14-10-8-13/h11,13H,2-10H2,1H3. The van der Waals surface area contributed by atoms with E-state index in [2.05, 4.69) is 11.8 Å². The first kappa shape index (κ1) is 12.0. The van der Waals surface area contributed by atoms with Crippen molar-refractivity contribution in [3.8, 4) is 0 Å². The lowest BCUT2D eigenvalue weighted by molar-refractivity contribution is 0.0716. The van der Waals surface area contributed by atoms with Crippen LogP contribution in [0.3, 0.4) is 0 Å². The van der Waals surface area contributed by atoms with E-state index < -0.39 is 0 Å². The number of hydrogen-bond donors (Lipinski definition) is 1. The molecule has 0 amide bonds. The smallest absolute Gasteiger partial charge is 0.0698 e. The Labute approximate surface area is 87.1 Å². The highest BCUT2D eigenvalue weighted by molar-refractivity contribution is 4.84. The van der Waals surface area contributed by atoms with E-state index in [1.54, 1.807) is 0 Å². The van der Waals surface area contributed by atoms with Crippen molar-refractivity contribution in [1.82, 2.24) is 4.90 Å². The summed E-state index contributed by atoms with van der Waals surface area (Å²) in [5.41, 5.74) is 0. The topological polar surface area (TPSA) is 32.7 Å². The summed E-state index contributed by atoms with van der Waals surface area (Å²) in [5, 5.41) is 8.56. The Morgan fingerprint density at radius 3 is 2.64 bits per heavy atom. The third kappa shape index (κ3) is 4.94. The molecule has 0 saturated heterocycles. The first-order chi connectivity index (χ1) is 6.88. The molecule has 0 aromatic rings. The molecule has 0 atom stereocenters. The molecule has 0 aliphatic heterocycles. The lowest BCUT2D eigenvalue weighted by atomic mass is 10.3. The van der Waals surface area contributed by atoms with Gasteiger partial charge in [0, 0.05) is 12.6 Å². The number of rotatable bonds is 9. The highest BCUT2D eigenvalue weighted by Gasteiger charge is 2.27. The first-order valence-corrected chi connectivity index (χ1v) is 5.81. The first-order valence-electron chi connectivity index (χ1n) is 5.81. The maximum absolute atomic E-state index is 8.56. The second kappa shape index (κ2) is 7.21. The molecule has 0 aromatic carbocycles. The van der Waals surface area contributed by atoms with Crippen LogP contribution < -0.4 is 0 Å². The number of nitrogens with zero attached hydrogens (tertiary/aromatic N) is 1. The molecule has 1 rings (SSSR count). The third-order valence-electron chi connectivity index (χ3n) is 2.62. The summed E-state index contributed by atoms with van der Waals surface area (Å²) in [6, 6.07) is 0.833. The molecule has 0 spiro atoms. The second-order valence-corrected chi connectivity index (χ2v) is 3.96. The van der Waals surface area contributed by atoms with Gasteiger partial charge < -0.3 is 9.84 Å². The molecular weight excluding hydrogens is 178 g/mol. The fraction of sp³-hybridized carbons (Fsp3) is 1.00. The van der Waals surface area contributed by atoms with E-state index in [0.717, 1.165) is 19.2 Å². The highest BCUT2D eigenvalue weighted by Crippen LogP contribution is 2.26. The molecular formula is C11H23NO2. The number of hydrogen-bond acceptors (Lipinski definition) is 3. The van der Waals surface area contributed by atoms with E-state index in [9.17, 15) is 0 Å². The van der Waals surface area contributed by atoms with Crippen LogP contribution in [0.4, 0.5) is 0 Å². The maximum Gasteiger partial charge on any atom is 0.0698 e. The third-order valence-corrected chi connectivity index (χ3v) is 2.62. The fourth-order valence-corrected chi connectivity index (χ4v) is 1.63. The van der Waals surface area contributed by atoms with Gasteiger partial charge in [0.05, 0.1) is 19.8 Å². The second-order valence-electron chi connectivity index (χ2n) is 3.96. The van der Waals surface area contributed by atoms with Crippen LogP contribution in [-0.2, 0) is 4.74 Å². The van der Waals surface area contributed by atoms with Crippen LogP contribution >= 0.6 is 0 Å². The Hall–Kier alpha value is -0.120. The van der Waals surface area contributed by atoms with Crippen molar-refractivity contribution in [1.29, 1.82) is 0 Å². The van der Waals surface area contributed by atoms with E-state index in [1.807, 2.05) is 0 Å². The van der Waals surface area contributed by atoms with Gasteiger partial charge >= 0.3 is 0 Å². The van der Waals surface area contributed by atoms with Crippen molar-refractivity contribution in [2.75, 3.05) is 32.9 Å². The zero-order chi connectivity index (χ0) is 10.2. The van der Waals surface area contributed by atoms with Gasteiger partial charge in [0.15, 0.2) is 0 Å². The lowest BCUT2D eigenvalue weighted by Crippen LogP contribution is -2.31. The average Bonchev–Trinajstić information content (AvgIpc) is 3.00. The highest BCUT2D eigenvalue weighted by atomic mass is 16.5. The molecule has 1 fully saturated rings. The average molecular weight is 201 g/mol. The van der Waals surface area contributed by atoms with Crippen LogP contribution in [0.15, 0.2) is 0 Å². The van der Waals surface area contributed by atoms with E-state index in [-0.39, 0.29) is 6.61 Å². The quantitative estimate of drug-likeness (QED) is 0.570. The molecule has 0 radical (unpaired) electrons. The Balaban J connectivity index is 2.02. The summed E-state index contributed by atoms with van der Waals surface area (Å²) in [5.74, 6) is 0. The summed E-state index contributed by atoms with van der Waals surface area (Å²) < 4.78 is 5.28. The predicted octanol–water partition coefficient (Wildman–Crippen LogP) is 1.26. The van der Waals surface area contributed by atoms with Gasteiger partial charge in [0.25, 0.3) is 0 Å². The van der Waals surface area contributed by atoms with Crippen molar-refractivity contribution in [2.45, 2.75) is 38.6 Å². The van der Waals surface area contributed by atoms with Crippen LogP contribution in [0.25, 0.3) is 0 Å². The summed E-state index contributed by atoms with van der Waals surface area (Å²) in [6.45, 7) is 5.85. The van der Waals surface area contributed by atoms with E-state index >= 15 is 0 Å². The largest absolute Gasteiger partial charge is 0.394 e. The minimum atomic E-state index is 0.137. The van der Waals surface area contributed by atoms with Crippen molar-refractivity contribution < 1.29 is 9.84 Å². The Bertz CT molecular complexity index is 137. The van der Waals surface area contributed by atoms with Crippen LogP contribution in [0.2, 0.25) is 0 Å². The van der Waals surface area contributed by atoms with Crippen molar-refractivity contribution >= 4 is 0 Å². The number of ether oxygens (including phenoxy) is 1. The number of aliphatic hydroxyl groups excluding tert-OH is 1. The molecule has 84 valence electrons. The van der Waals surface area contributed by atoms with Crippen LogP contribution in [0.5, 0.6) is 0 Å². The molecule has 1 saturated carbocycles. The number of unbranched alkanes of at least 4 members (excludes halogenated alkanes) is 1. The Morgan fingerprint density at radius 1 is 1.29 bits per heavy atom. The normalized spacial score (nSPS) is 16.5. The Kier molecular flexibility index (Phi) is 6.15. The van der Waals surface area contributed by atoms with E-state index in [1.165, 1.54) is 32.2 Å². The molecule has 1 aliphatic rings. The summed E-state index contributed by atoms with van der Waals surface area (Å²) in [6.07, 6.45) is 5.28. The SMILES string of the molecule is CCCCN(CCOCCO)C1CC1. The van der Waals surface area contributed by atoms with Gasteiger partial charge in [0.2, 0.25) is 0 Å². The molecule has 1 aliphatic carbocycles. The Morgan fingerprint density at radius 2 is 2.07 bits per heavy atom. The van der Waals surface area contributed by atoms with Gasteiger partial charge in [-0.1, -0.05) is 13.3 Å². The molecule has 14 heavy (non-hydrogen) atoms. The fourth-order valence-electron chi connectivity index (χ4n) is 1.63. The van der Waals surface area contributed by atoms with Gasteiger partial charge in [0.1, 0.15) is 0 Å². The zero-order valence-corrected chi connectivity index (χ0v) is 9.24. The van der Waals surface area contributed by atoms with E-state index in [4.69, 9.17) is 9.84 Å². The van der Waals surface area contributed by atoms with Gasteiger partial charge in [-0.05, 0) is 25.8 Å². The molecule has 0 heterocycles. The lowest BCUT2D eigenvalue weighted by Gasteiger charge is -2.21. The molecule has 0 bridgehead atoms. The minimum absolute atomic E-state index is 0.137. The molecule has 3 heteroatoms. The van der Waals surface area contributed by atoms with Gasteiger partial charge in [-0.2, -0.15) is 0 Å². The van der Waals surface area contributed by atoms with Gasteiger partial charge in [-0.25, -0.2) is 0 Å². The number of aliphatic hydroxyl groups is 1. The molecule has 0 aromatic heterocycles. The van der Waals surface area contributed by atoms with Crippen molar-refractivity contribution in [2.24, 2.45) is 0 Å². The van der Waals surface area contributed by atoms with Crippen molar-refractivity contribution in [3.05, 3.63) is 0 Å². The van der Waals surface area contributed by atoms with Crippen LogP contribution in [0.1, 0.15) is 32.6 Å². The molecule has 0 unspecified atom stereocenters. The van der Waals surface area contributed by atoms with Crippen LogP contribution in [0, 0.1) is 0 Å². The van der Waals surface area contributed by atoms with E-state index in [0.29, 0.717) is 6.61 Å². The minimum Gasteiger partial charge on any atom is -0.394 e. The van der Waals surface area contributed by atoms with Gasteiger partial charge in [-0.3, -0.25) is 4.90 Å². The summed E-state index contributed by atoms with van der Waals surface area (Å²) >= 11 is 0. The van der Waals surface area contributed by atoms with Crippen LogP contribution in [-0.4, -0.2) is 49.0 Å². The molecule has 3 nitrogen and oxygen atoms in total.